The SMILES string of the molecule is O=C(O)C1CSC(c2nc3c(Cl)cccc3s2)=N1. The second-order valence-electron chi connectivity index (χ2n) is 3.70. The number of carbonyl (C=O) groups is 1. The van der Waals surface area contributed by atoms with Crippen LogP contribution in [0.1, 0.15) is 5.01 Å². The summed E-state index contributed by atoms with van der Waals surface area (Å²) in [5, 5.41) is 10.9. The molecule has 2 aromatic rings. The van der Waals surface area contributed by atoms with Crippen LogP contribution < -0.4 is 0 Å². The molecule has 1 aliphatic heterocycles. The normalized spacial score (nSPS) is 19.2. The van der Waals surface area contributed by atoms with Crippen molar-refractivity contribution in [2.24, 2.45) is 4.99 Å². The second kappa shape index (κ2) is 4.53. The van der Waals surface area contributed by atoms with Gasteiger partial charge in [0.1, 0.15) is 15.6 Å². The van der Waals surface area contributed by atoms with Crippen LogP contribution in [0, 0.1) is 0 Å². The minimum atomic E-state index is -0.892. The van der Waals surface area contributed by atoms with Crippen LogP contribution in [0.4, 0.5) is 0 Å². The van der Waals surface area contributed by atoms with Gasteiger partial charge in [0.05, 0.1) is 9.72 Å². The minimum Gasteiger partial charge on any atom is -0.480 e. The lowest BCUT2D eigenvalue weighted by Crippen LogP contribution is -2.17. The number of para-hydroxylation sites is 1. The molecule has 3 rings (SSSR count). The summed E-state index contributed by atoms with van der Waals surface area (Å²) in [4.78, 5) is 19.4. The maximum atomic E-state index is 10.8. The Bertz CT molecular complexity index is 668. The molecule has 0 bridgehead atoms. The van der Waals surface area contributed by atoms with Crippen LogP contribution >= 0.6 is 34.7 Å². The Kier molecular flexibility index (Phi) is 3.01. The first kappa shape index (κ1) is 12.0. The van der Waals surface area contributed by atoms with Crippen LogP contribution in [0.15, 0.2) is 23.2 Å². The lowest BCUT2D eigenvalue weighted by atomic mass is 10.3. The van der Waals surface area contributed by atoms with E-state index in [9.17, 15) is 4.79 Å². The van der Waals surface area contributed by atoms with Gasteiger partial charge in [-0.05, 0) is 12.1 Å². The van der Waals surface area contributed by atoms with Crippen LogP contribution in [0.5, 0.6) is 0 Å². The molecule has 0 saturated carbocycles. The Morgan fingerprint density at radius 1 is 1.50 bits per heavy atom. The molecule has 18 heavy (non-hydrogen) atoms. The van der Waals surface area contributed by atoms with Crippen molar-refractivity contribution < 1.29 is 9.90 Å². The van der Waals surface area contributed by atoms with Gasteiger partial charge in [0.25, 0.3) is 0 Å². The molecule has 1 aromatic heterocycles. The molecule has 0 aliphatic carbocycles. The predicted octanol–water partition coefficient (Wildman–Crippen LogP) is 2.90. The van der Waals surface area contributed by atoms with E-state index in [0.29, 0.717) is 15.8 Å². The van der Waals surface area contributed by atoms with Crippen LogP contribution in [0.25, 0.3) is 10.2 Å². The van der Waals surface area contributed by atoms with E-state index in [1.807, 2.05) is 12.1 Å². The maximum Gasteiger partial charge on any atom is 0.329 e. The van der Waals surface area contributed by atoms with E-state index < -0.39 is 12.0 Å². The number of thioether (sulfide) groups is 1. The van der Waals surface area contributed by atoms with E-state index in [2.05, 4.69) is 9.98 Å². The van der Waals surface area contributed by atoms with E-state index in [0.717, 1.165) is 15.2 Å². The van der Waals surface area contributed by atoms with E-state index in [1.165, 1.54) is 23.1 Å². The van der Waals surface area contributed by atoms with Gasteiger partial charge in [-0.1, -0.05) is 17.7 Å². The van der Waals surface area contributed by atoms with Crippen molar-refractivity contribution in [3.8, 4) is 0 Å². The molecule has 92 valence electrons. The zero-order valence-electron chi connectivity index (χ0n) is 8.96. The van der Waals surface area contributed by atoms with Gasteiger partial charge in [-0.15, -0.1) is 23.1 Å². The first-order chi connectivity index (χ1) is 8.65. The van der Waals surface area contributed by atoms with Crippen LogP contribution in [-0.2, 0) is 4.79 Å². The number of aromatic nitrogens is 1. The number of fused-ring (bicyclic) bond motifs is 1. The smallest absolute Gasteiger partial charge is 0.329 e. The van der Waals surface area contributed by atoms with Gasteiger partial charge in [0, 0.05) is 5.75 Å². The number of carboxylic acid groups (broad SMARTS) is 1. The standard InChI is InChI=1S/C11H7ClN2O2S2/c12-5-2-1-3-7-8(5)14-10(18-7)9-13-6(4-17-9)11(15)16/h1-3,6H,4H2,(H,15,16). The van der Waals surface area contributed by atoms with Crippen molar-refractivity contribution in [2.45, 2.75) is 6.04 Å². The number of rotatable bonds is 2. The Labute approximate surface area is 116 Å². The summed E-state index contributed by atoms with van der Waals surface area (Å²) in [5.74, 6) is -0.425. The number of aliphatic imine (C=N–C) groups is 1. The van der Waals surface area contributed by atoms with Gasteiger partial charge in [-0.2, -0.15) is 0 Å². The Balaban J connectivity index is 2.03. The third-order valence-corrected chi connectivity index (χ3v) is 5.00. The number of aliphatic carboxylic acids is 1. The first-order valence-corrected chi connectivity index (χ1v) is 7.32. The van der Waals surface area contributed by atoms with Crippen LogP contribution in [0.2, 0.25) is 5.02 Å². The Morgan fingerprint density at radius 3 is 3.00 bits per heavy atom. The van der Waals surface area contributed by atoms with Gasteiger partial charge in [-0.3, -0.25) is 4.99 Å². The third-order valence-electron chi connectivity index (χ3n) is 2.49. The summed E-state index contributed by atoms with van der Waals surface area (Å²) >= 11 is 8.97. The number of hydrogen-bond donors (Lipinski definition) is 1. The molecule has 2 heterocycles. The average Bonchev–Trinajstić information content (AvgIpc) is 2.95. The summed E-state index contributed by atoms with van der Waals surface area (Å²) in [6.45, 7) is 0. The molecule has 0 amide bonds. The molecular formula is C11H7ClN2O2S2. The predicted molar refractivity (Wildman–Crippen MR) is 75.0 cm³/mol. The summed E-state index contributed by atoms with van der Waals surface area (Å²) in [6, 6.07) is 4.94. The van der Waals surface area contributed by atoms with Gasteiger partial charge in [0.15, 0.2) is 6.04 Å². The monoisotopic (exact) mass is 298 g/mol. The number of benzene rings is 1. The highest BCUT2D eigenvalue weighted by molar-refractivity contribution is 8.15. The van der Waals surface area contributed by atoms with Crippen LogP contribution in [0.3, 0.4) is 0 Å². The lowest BCUT2D eigenvalue weighted by molar-refractivity contribution is -0.137. The number of nitrogens with zero attached hydrogens (tertiary/aromatic N) is 2. The summed E-state index contributed by atoms with van der Waals surface area (Å²) in [6.07, 6.45) is 0. The number of hydrogen-bond acceptors (Lipinski definition) is 5. The fourth-order valence-corrected chi connectivity index (χ4v) is 3.99. The molecule has 1 N–H and O–H groups in total. The highest BCUT2D eigenvalue weighted by atomic mass is 35.5. The van der Waals surface area contributed by atoms with Gasteiger partial charge >= 0.3 is 5.97 Å². The molecule has 1 aliphatic rings. The fourth-order valence-electron chi connectivity index (χ4n) is 1.62. The summed E-state index contributed by atoms with van der Waals surface area (Å²) < 4.78 is 0.986. The average molecular weight is 299 g/mol. The molecule has 0 radical (unpaired) electrons. The van der Waals surface area contributed by atoms with Crippen molar-refractivity contribution in [3.05, 3.63) is 28.2 Å². The topological polar surface area (TPSA) is 62.5 Å². The fraction of sp³-hybridized carbons (Fsp3) is 0.182. The van der Waals surface area contributed by atoms with Crippen molar-refractivity contribution in [3.63, 3.8) is 0 Å². The lowest BCUT2D eigenvalue weighted by Gasteiger charge is -1.93. The zero-order valence-corrected chi connectivity index (χ0v) is 11.3. The summed E-state index contributed by atoms with van der Waals surface area (Å²) in [5.41, 5.74) is 0.751. The van der Waals surface area contributed by atoms with E-state index >= 15 is 0 Å². The Hall–Kier alpha value is -1.11. The third kappa shape index (κ3) is 2.00. The molecule has 1 aromatic carbocycles. The molecule has 4 nitrogen and oxygen atoms in total. The molecule has 1 atom stereocenters. The van der Waals surface area contributed by atoms with Crippen molar-refractivity contribution in [2.75, 3.05) is 5.75 Å². The molecule has 7 heteroatoms. The molecule has 0 fully saturated rings. The molecule has 0 spiro atoms. The minimum absolute atomic E-state index is 0.467. The van der Waals surface area contributed by atoms with Crippen LogP contribution in [-0.4, -0.2) is 32.9 Å². The largest absolute Gasteiger partial charge is 0.480 e. The van der Waals surface area contributed by atoms with E-state index in [4.69, 9.17) is 16.7 Å². The zero-order chi connectivity index (χ0) is 12.7. The van der Waals surface area contributed by atoms with Gasteiger partial charge < -0.3 is 5.11 Å². The maximum absolute atomic E-state index is 10.8. The highest BCUT2D eigenvalue weighted by Crippen LogP contribution is 2.32. The van der Waals surface area contributed by atoms with E-state index in [-0.39, 0.29) is 0 Å². The number of carboxylic acids is 1. The number of thiazole rings is 1. The number of halogens is 1. The molecule has 0 saturated heterocycles. The Morgan fingerprint density at radius 2 is 2.33 bits per heavy atom. The van der Waals surface area contributed by atoms with Crippen molar-refractivity contribution in [1.82, 2.24) is 4.98 Å². The quantitative estimate of drug-likeness (QED) is 0.926. The second-order valence-corrected chi connectivity index (χ2v) is 6.15. The van der Waals surface area contributed by atoms with Crippen molar-refractivity contribution >= 4 is 55.9 Å². The van der Waals surface area contributed by atoms with Gasteiger partial charge in [0.2, 0.25) is 0 Å². The summed E-state index contributed by atoms with van der Waals surface area (Å²) in [7, 11) is 0. The first-order valence-electron chi connectivity index (χ1n) is 5.14. The van der Waals surface area contributed by atoms with E-state index in [1.54, 1.807) is 6.07 Å². The van der Waals surface area contributed by atoms with Crippen molar-refractivity contribution in [1.29, 1.82) is 0 Å². The van der Waals surface area contributed by atoms with Gasteiger partial charge in [-0.25, -0.2) is 9.78 Å². The highest BCUT2D eigenvalue weighted by Gasteiger charge is 2.26. The molecule has 1 unspecified atom stereocenters. The molecular weight excluding hydrogens is 292 g/mol.